The molecule has 0 atom stereocenters. The second-order valence-electron chi connectivity index (χ2n) is 7.17. The minimum Gasteiger partial charge on any atom is -0.454 e. The maximum absolute atomic E-state index is 14.2. The zero-order chi connectivity index (χ0) is 21.5. The van der Waals surface area contributed by atoms with Crippen LogP contribution in [-0.4, -0.2) is 21.7 Å². The van der Waals surface area contributed by atoms with Crippen molar-refractivity contribution in [3.8, 4) is 34.1 Å². The van der Waals surface area contributed by atoms with Gasteiger partial charge in [0.15, 0.2) is 23.1 Å². The van der Waals surface area contributed by atoms with Gasteiger partial charge in [-0.1, -0.05) is 6.07 Å². The van der Waals surface area contributed by atoms with Gasteiger partial charge in [0, 0.05) is 23.7 Å². The fraction of sp³-hybridized carbons (Fsp3) is 0.130. The van der Waals surface area contributed by atoms with Crippen molar-refractivity contribution < 1.29 is 22.6 Å². The molecular weight excluding hydrogens is 407 g/mol. The maximum Gasteiger partial charge on any atom is 0.231 e. The number of aryl methyl sites for hydroxylation is 1. The summed E-state index contributed by atoms with van der Waals surface area (Å²) >= 11 is 0. The van der Waals surface area contributed by atoms with Crippen molar-refractivity contribution in [2.75, 3.05) is 6.79 Å². The van der Waals surface area contributed by atoms with E-state index in [1.807, 2.05) is 31.2 Å². The maximum atomic E-state index is 14.2. The van der Waals surface area contributed by atoms with Crippen LogP contribution in [0.3, 0.4) is 0 Å². The molecule has 0 fully saturated rings. The van der Waals surface area contributed by atoms with Gasteiger partial charge in [-0.15, -0.1) is 0 Å². The molecule has 0 radical (unpaired) electrons. The molecule has 8 heteroatoms. The summed E-state index contributed by atoms with van der Waals surface area (Å²) in [5, 5.41) is 0. The van der Waals surface area contributed by atoms with Crippen LogP contribution in [0.1, 0.15) is 17.1 Å². The summed E-state index contributed by atoms with van der Waals surface area (Å²) in [7, 11) is 0. The highest BCUT2D eigenvalue weighted by molar-refractivity contribution is 5.78. The number of nitrogens with zero attached hydrogens (tertiary/aromatic N) is 2. The first-order chi connectivity index (χ1) is 15.0. The van der Waals surface area contributed by atoms with E-state index in [0.717, 1.165) is 17.3 Å². The number of H-pyrrole nitrogens is 1. The molecular formula is C23H16F3N3O2. The Morgan fingerprint density at radius 1 is 0.903 bits per heavy atom. The molecule has 0 bridgehead atoms. The Bertz CT molecular complexity index is 1300. The van der Waals surface area contributed by atoms with Gasteiger partial charge < -0.3 is 14.5 Å². The SMILES string of the molecule is Cc1cccc(-c2[nH]c(Cc3cc(F)c(F)cc3F)nc2-c2ccc3c(c2)OCO3)n1. The largest absolute Gasteiger partial charge is 0.454 e. The molecule has 2 aromatic heterocycles. The van der Waals surface area contributed by atoms with Gasteiger partial charge >= 0.3 is 0 Å². The van der Waals surface area contributed by atoms with E-state index in [-0.39, 0.29) is 18.8 Å². The molecule has 5 rings (SSSR count). The van der Waals surface area contributed by atoms with Crippen LogP contribution in [-0.2, 0) is 6.42 Å². The Balaban J connectivity index is 1.61. The molecule has 0 aliphatic carbocycles. The summed E-state index contributed by atoms with van der Waals surface area (Å²) in [6.07, 6.45) is -0.0492. The normalized spacial score (nSPS) is 12.4. The molecule has 1 aliphatic rings. The number of pyridine rings is 1. The lowest BCUT2D eigenvalue weighted by Crippen LogP contribution is -1.98. The molecule has 0 amide bonds. The van der Waals surface area contributed by atoms with Crippen LogP contribution in [0, 0.1) is 24.4 Å². The number of aromatic nitrogens is 3. The Hall–Kier alpha value is -3.81. The number of halogens is 3. The number of benzene rings is 2. The number of nitrogens with one attached hydrogen (secondary N) is 1. The van der Waals surface area contributed by atoms with Crippen LogP contribution < -0.4 is 9.47 Å². The van der Waals surface area contributed by atoms with Gasteiger partial charge in [-0.05, 0) is 48.9 Å². The van der Waals surface area contributed by atoms with Crippen LogP contribution >= 0.6 is 0 Å². The van der Waals surface area contributed by atoms with Crippen molar-refractivity contribution in [1.82, 2.24) is 15.0 Å². The average molecular weight is 423 g/mol. The quantitative estimate of drug-likeness (QED) is 0.460. The number of hydrogen-bond acceptors (Lipinski definition) is 4. The molecule has 2 aromatic carbocycles. The van der Waals surface area contributed by atoms with Gasteiger partial charge in [0.05, 0.1) is 17.1 Å². The molecule has 0 unspecified atom stereocenters. The highest BCUT2D eigenvalue weighted by Crippen LogP contribution is 2.38. The zero-order valence-corrected chi connectivity index (χ0v) is 16.4. The summed E-state index contributed by atoms with van der Waals surface area (Å²) in [5.41, 5.74) is 3.41. The van der Waals surface area contributed by atoms with E-state index >= 15 is 0 Å². The van der Waals surface area contributed by atoms with Gasteiger partial charge in [0.2, 0.25) is 6.79 Å². The van der Waals surface area contributed by atoms with E-state index in [1.54, 1.807) is 12.1 Å². The Labute approximate surface area is 175 Å². The van der Waals surface area contributed by atoms with Crippen molar-refractivity contribution in [1.29, 1.82) is 0 Å². The van der Waals surface area contributed by atoms with Crippen LogP contribution in [0.15, 0.2) is 48.5 Å². The molecule has 0 spiro atoms. The van der Waals surface area contributed by atoms with Crippen LogP contribution in [0.2, 0.25) is 0 Å². The minimum atomic E-state index is -1.23. The first kappa shape index (κ1) is 19.2. The summed E-state index contributed by atoms with van der Waals surface area (Å²) < 4.78 is 51.9. The van der Waals surface area contributed by atoms with Crippen LogP contribution in [0.5, 0.6) is 11.5 Å². The zero-order valence-electron chi connectivity index (χ0n) is 16.4. The van der Waals surface area contributed by atoms with Crippen LogP contribution in [0.25, 0.3) is 22.6 Å². The molecule has 3 heterocycles. The first-order valence-electron chi connectivity index (χ1n) is 9.54. The van der Waals surface area contributed by atoms with Gasteiger partial charge in [0.1, 0.15) is 11.6 Å². The lowest BCUT2D eigenvalue weighted by atomic mass is 10.1. The fourth-order valence-electron chi connectivity index (χ4n) is 3.51. The van der Waals surface area contributed by atoms with Gasteiger partial charge in [-0.2, -0.15) is 0 Å². The van der Waals surface area contributed by atoms with Gasteiger partial charge in [0.25, 0.3) is 0 Å². The van der Waals surface area contributed by atoms with Gasteiger partial charge in [-0.25, -0.2) is 18.2 Å². The molecule has 4 aromatic rings. The van der Waals surface area contributed by atoms with Crippen molar-refractivity contribution in [3.05, 3.63) is 83.1 Å². The lowest BCUT2D eigenvalue weighted by Gasteiger charge is -2.04. The number of hydrogen-bond donors (Lipinski definition) is 1. The number of fused-ring (bicyclic) bond motifs is 1. The van der Waals surface area contributed by atoms with Crippen molar-refractivity contribution in [2.45, 2.75) is 13.3 Å². The predicted octanol–water partition coefficient (Wildman–Crippen LogP) is 5.18. The molecule has 0 saturated heterocycles. The topological polar surface area (TPSA) is 60.0 Å². The molecule has 5 nitrogen and oxygen atoms in total. The third-order valence-corrected chi connectivity index (χ3v) is 4.99. The van der Waals surface area contributed by atoms with E-state index in [9.17, 15) is 13.2 Å². The predicted molar refractivity (Wildman–Crippen MR) is 107 cm³/mol. The minimum absolute atomic E-state index is 0.00589. The van der Waals surface area contributed by atoms with E-state index in [1.165, 1.54) is 0 Å². The molecule has 0 saturated carbocycles. The second kappa shape index (κ2) is 7.46. The Morgan fingerprint density at radius 2 is 1.71 bits per heavy atom. The van der Waals surface area contributed by atoms with E-state index in [0.29, 0.717) is 40.5 Å². The Morgan fingerprint density at radius 3 is 2.55 bits per heavy atom. The summed E-state index contributed by atoms with van der Waals surface area (Å²) in [6, 6.07) is 12.4. The molecule has 156 valence electrons. The van der Waals surface area contributed by atoms with E-state index in [2.05, 4.69) is 15.0 Å². The van der Waals surface area contributed by atoms with Crippen molar-refractivity contribution in [3.63, 3.8) is 0 Å². The lowest BCUT2D eigenvalue weighted by molar-refractivity contribution is 0.174. The fourth-order valence-corrected chi connectivity index (χ4v) is 3.51. The highest BCUT2D eigenvalue weighted by Gasteiger charge is 2.20. The second-order valence-corrected chi connectivity index (χ2v) is 7.17. The van der Waals surface area contributed by atoms with E-state index < -0.39 is 17.5 Å². The summed E-state index contributed by atoms with van der Waals surface area (Å²) in [6.45, 7) is 2.02. The molecule has 31 heavy (non-hydrogen) atoms. The molecule has 1 aliphatic heterocycles. The third-order valence-electron chi connectivity index (χ3n) is 4.99. The summed E-state index contributed by atoms with van der Waals surface area (Å²) in [5.74, 6) is -1.56. The van der Waals surface area contributed by atoms with Crippen molar-refractivity contribution >= 4 is 0 Å². The average Bonchev–Trinajstić information content (AvgIpc) is 3.38. The van der Waals surface area contributed by atoms with Crippen molar-refractivity contribution in [2.24, 2.45) is 0 Å². The summed E-state index contributed by atoms with van der Waals surface area (Å²) in [4.78, 5) is 12.4. The number of ether oxygens (including phenoxy) is 2. The first-order valence-corrected chi connectivity index (χ1v) is 9.54. The number of rotatable bonds is 4. The molecule has 1 N–H and O–H groups in total. The highest BCUT2D eigenvalue weighted by atomic mass is 19.2. The Kier molecular flexibility index (Phi) is 4.62. The van der Waals surface area contributed by atoms with Gasteiger partial charge in [-0.3, -0.25) is 4.98 Å². The smallest absolute Gasteiger partial charge is 0.231 e. The number of aromatic amines is 1. The van der Waals surface area contributed by atoms with Crippen LogP contribution in [0.4, 0.5) is 13.2 Å². The number of imidazole rings is 1. The standard InChI is InChI=1S/C23H16F3N3O2/c1-12-3-2-4-18(27-12)23-22(13-5-6-19-20(8-13)31-11-30-19)28-21(29-23)9-14-7-16(25)17(26)10-15(14)24/h2-8,10H,9,11H2,1H3,(H,28,29). The third kappa shape index (κ3) is 3.61. The van der Waals surface area contributed by atoms with E-state index in [4.69, 9.17) is 9.47 Å². The monoisotopic (exact) mass is 423 g/mol.